The minimum absolute atomic E-state index is 0.0354. The lowest BCUT2D eigenvalue weighted by molar-refractivity contribution is -0.123. The van der Waals surface area contributed by atoms with Gasteiger partial charge in [0.2, 0.25) is 5.91 Å². The van der Waals surface area contributed by atoms with Gasteiger partial charge in [-0.2, -0.15) is 0 Å². The van der Waals surface area contributed by atoms with E-state index in [9.17, 15) is 13.2 Å². The van der Waals surface area contributed by atoms with Gasteiger partial charge in [0.1, 0.15) is 9.84 Å². The number of carbonyl (C=O) groups excluding carboxylic acids is 1. The van der Waals surface area contributed by atoms with E-state index in [1.54, 1.807) is 6.08 Å². The molecule has 0 spiro atoms. The first-order valence-corrected chi connectivity index (χ1v) is 7.34. The van der Waals surface area contributed by atoms with E-state index < -0.39 is 9.84 Å². The molecule has 0 aromatic heterocycles. The van der Waals surface area contributed by atoms with Crippen molar-refractivity contribution in [3.05, 3.63) is 12.2 Å². The topological polar surface area (TPSA) is 89.3 Å². The highest BCUT2D eigenvalue weighted by Crippen LogP contribution is 2.15. The Balaban J connectivity index is 2.19. The van der Waals surface area contributed by atoms with Gasteiger partial charge in [-0.15, -0.1) is 0 Å². The van der Waals surface area contributed by atoms with Crippen LogP contribution in [0.25, 0.3) is 0 Å². The van der Waals surface area contributed by atoms with Gasteiger partial charge in [0.15, 0.2) is 0 Å². The van der Waals surface area contributed by atoms with Crippen molar-refractivity contribution in [3.63, 3.8) is 0 Å². The number of hydrogen-bond donors (Lipinski definition) is 2. The molecule has 6 heteroatoms. The Bertz CT molecular complexity index is 376. The highest BCUT2D eigenvalue weighted by Gasteiger charge is 2.22. The normalized spacial score (nSPS) is 24.6. The summed E-state index contributed by atoms with van der Waals surface area (Å²) >= 11 is 0. The third-order valence-corrected chi connectivity index (χ3v) is 3.47. The van der Waals surface area contributed by atoms with Crippen molar-refractivity contribution in [1.29, 1.82) is 0 Å². The molecule has 0 aliphatic heterocycles. The van der Waals surface area contributed by atoms with E-state index in [-0.39, 0.29) is 23.6 Å². The van der Waals surface area contributed by atoms with Gasteiger partial charge in [0.05, 0.1) is 11.7 Å². The van der Waals surface area contributed by atoms with Gasteiger partial charge in [-0.3, -0.25) is 4.79 Å². The first kappa shape index (κ1) is 13.2. The maximum absolute atomic E-state index is 11.5. The molecule has 0 fully saturated rings. The average molecular weight is 246 g/mol. The van der Waals surface area contributed by atoms with Crippen LogP contribution in [0.1, 0.15) is 12.8 Å². The first-order valence-electron chi connectivity index (χ1n) is 5.28. The van der Waals surface area contributed by atoms with E-state index in [4.69, 9.17) is 5.73 Å². The van der Waals surface area contributed by atoms with Crippen molar-refractivity contribution in [2.75, 3.05) is 18.6 Å². The molecule has 2 atom stereocenters. The number of nitrogens with one attached hydrogen (secondary N) is 1. The largest absolute Gasteiger partial charge is 0.356 e. The highest BCUT2D eigenvalue weighted by molar-refractivity contribution is 7.90. The Labute approximate surface area is 96.0 Å². The summed E-state index contributed by atoms with van der Waals surface area (Å²) in [6.45, 7) is 0.394. The van der Waals surface area contributed by atoms with E-state index >= 15 is 0 Å². The summed E-state index contributed by atoms with van der Waals surface area (Å²) in [6, 6.07) is -0.0354. The van der Waals surface area contributed by atoms with E-state index in [0.717, 1.165) is 0 Å². The Kier molecular flexibility index (Phi) is 4.49. The van der Waals surface area contributed by atoms with Gasteiger partial charge in [0, 0.05) is 18.8 Å². The lowest BCUT2D eigenvalue weighted by Gasteiger charge is -2.09. The van der Waals surface area contributed by atoms with Crippen LogP contribution in [-0.4, -0.2) is 38.9 Å². The molecule has 5 nitrogen and oxygen atoms in total. The summed E-state index contributed by atoms with van der Waals surface area (Å²) in [6.07, 6.45) is 5.90. The predicted octanol–water partition coefficient (Wildman–Crippen LogP) is -0.559. The van der Waals surface area contributed by atoms with E-state index in [1.165, 1.54) is 6.26 Å². The highest BCUT2D eigenvalue weighted by atomic mass is 32.2. The summed E-state index contributed by atoms with van der Waals surface area (Å²) in [5, 5.41) is 2.71. The smallest absolute Gasteiger partial charge is 0.226 e. The van der Waals surface area contributed by atoms with E-state index in [0.29, 0.717) is 19.4 Å². The van der Waals surface area contributed by atoms with Crippen molar-refractivity contribution >= 4 is 15.7 Å². The SMILES string of the molecule is CS(=O)(=O)CCCNC(=O)C1C=CC(N)C1. The summed E-state index contributed by atoms with van der Waals surface area (Å²) in [7, 11) is -2.94. The maximum atomic E-state index is 11.5. The zero-order chi connectivity index (χ0) is 12.2. The van der Waals surface area contributed by atoms with Gasteiger partial charge < -0.3 is 11.1 Å². The Morgan fingerprint density at radius 1 is 1.50 bits per heavy atom. The van der Waals surface area contributed by atoms with Crippen LogP contribution >= 0.6 is 0 Å². The van der Waals surface area contributed by atoms with Crippen LogP contribution in [0, 0.1) is 5.92 Å². The molecule has 0 saturated carbocycles. The van der Waals surface area contributed by atoms with Crippen LogP contribution in [-0.2, 0) is 14.6 Å². The summed E-state index contributed by atoms with van der Waals surface area (Å²) < 4.78 is 21.7. The molecule has 0 aromatic carbocycles. The minimum Gasteiger partial charge on any atom is -0.356 e. The number of hydrogen-bond acceptors (Lipinski definition) is 4. The molecule has 1 aliphatic carbocycles. The molecule has 1 aliphatic rings. The molecule has 92 valence electrons. The lowest BCUT2D eigenvalue weighted by Crippen LogP contribution is -2.32. The van der Waals surface area contributed by atoms with Gasteiger partial charge >= 0.3 is 0 Å². The number of nitrogens with two attached hydrogens (primary N) is 1. The molecular weight excluding hydrogens is 228 g/mol. The standard InChI is InChI=1S/C10H18N2O3S/c1-16(14,15)6-2-5-12-10(13)8-3-4-9(11)7-8/h3-4,8-9H,2,5-7,11H2,1H3,(H,12,13). The molecule has 0 heterocycles. The molecular formula is C10H18N2O3S. The molecule has 0 radical (unpaired) electrons. The van der Waals surface area contributed by atoms with Gasteiger partial charge in [-0.05, 0) is 12.8 Å². The average Bonchev–Trinajstić information content (AvgIpc) is 2.57. The Hall–Kier alpha value is -0.880. The summed E-state index contributed by atoms with van der Waals surface area (Å²) in [4.78, 5) is 11.5. The molecule has 0 saturated heterocycles. The fourth-order valence-corrected chi connectivity index (χ4v) is 2.27. The number of rotatable bonds is 5. The monoisotopic (exact) mass is 246 g/mol. The summed E-state index contributed by atoms with van der Waals surface area (Å²) in [5.74, 6) is -0.126. The molecule has 2 unspecified atom stereocenters. The molecule has 1 rings (SSSR count). The minimum atomic E-state index is -2.94. The van der Waals surface area contributed by atoms with Gasteiger partial charge in [0.25, 0.3) is 0 Å². The number of amides is 1. The van der Waals surface area contributed by atoms with Crippen molar-refractivity contribution < 1.29 is 13.2 Å². The van der Waals surface area contributed by atoms with Crippen LogP contribution in [0.4, 0.5) is 0 Å². The number of sulfone groups is 1. The molecule has 1 amide bonds. The molecule has 16 heavy (non-hydrogen) atoms. The fourth-order valence-electron chi connectivity index (χ4n) is 1.60. The van der Waals surface area contributed by atoms with Crippen LogP contribution in [0.2, 0.25) is 0 Å². The van der Waals surface area contributed by atoms with Crippen molar-refractivity contribution in [1.82, 2.24) is 5.32 Å². The second-order valence-electron chi connectivity index (χ2n) is 4.17. The lowest BCUT2D eigenvalue weighted by atomic mass is 10.1. The van der Waals surface area contributed by atoms with E-state index in [2.05, 4.69) is 5.32 Å². The molecule has 3 N–H and O–H groups in total. The third kappa shape index (κ3) is 4.76. The maximum Gasteiger partial charge on any atom is 0.226 e. The Morgan fingerprint density at radius 2 is 2.19 bits per heavy atom. The first-order chi connectivity index (χ1) is 7.38. The van der Waals surface area contributed by atoms with Crippen molar-refractivity contribution in [3.8, 4) is 0 Å². The quantitative estimate of drug-likeness (QED) is 0.503. The molecule has 0 bridgehead atoms. The van der Waals surface area contributed by atoms with Crippen molar-refractivity contribution in [2.24, 2.45) is 11.7 Å². The van der Waals surface area contributed by atoms with Crippen molar-refractivity contribution in [2.45, 2.75) is 18.9 Å². The zero-order valence-electron chi connectivity index (χ0n) is 9.35. The predicted molar refractivity (Wildman–Crippen MR) is 62.6 cm³/mol. The van der Waals surface area contributed by atoms with E-state index in [1.807, 2.05) is 6.08 Å². The second-order valence-corrected chi connectivity index (χ2v) is 6.43. The third-order valence-electron chi connectivity index (χ3n) is 2.44. The van der Waals surface area contributed by atoms with Crippen LogP contribution < -0.4 is 11.1 Å². The van der Waals surface area contributed by atoms with Gasteiger partial charge in [-0.25, -0.2) is 8.42 Å². The molecule has 0 aromatic rings. The van der Waals surface area contributed by atoms with Crippen LogP contribution in [0.5, 0.6) is 0 Å². The van der Waals surface area contributed by atoms with Gasteiger partial charge in [-0.1, -0.05) is 12.2 Å². The fraction of sp³-hybridized carbons (Fsp3) is 0.700. The number of carbonyl (C=O) groups is 1. The Morgan fingerprint density at radius 3 is 2.69 bits per heavy atom. The second kappa shape index (κ2) is 5.45. The van der Waals surface area contributed by atoms with Crippen LogP contribution in [0.15, 0.2) is 12.2 Å². The summed E-state index contributed by atoms with van der Waals surface area (Å²) in [5.41, 5.74) is 5.63. The zero-order valence-corrected chi connectivity index (χ0v) is 10.2. The van der Waals surface area contributed by atoms with Crippen LogP contribution in [0.3, 0.4) is 0 Å².